The molecule has 0 radical (unpaired) electrons. The minimum Gasteiger partial charge on any atom is -0.462 e. The van der Waals surface area contributed by atoms with Gasteiger partial charge in [-0.1, -0.05) is 0 Å². The number of esters is 1. The summed E-state index contributed by atoms with van der Waals surface area (Å²) in [4.78, 5) is 14.7. The Morgan fingerprint density at radius 2 is 1.86 bits per heavy atom. The second-order valence-electron chi connectivity index (χ2n) is 3.73. The van der Waals surface area contributed by atoms with Crippen LogP contribution in [0.25, 0.3) is 0 Å². The summed E-state index contributed by atoms with van der Waals surface area (Å²) in [5.74, 6) is -3.44. The lowest BCUT2D eigenvalue weighted by Gasteiger charge is -2.17. The van der Waals surface area contributed by atoms with Crippen LogP contribution in [0.5, 0.6) is 5.75 Å². The van der Waals surface area contributed by atoms with Crippen LogP contribution in [0.3, 0.4) is 0 Å². The van der Waals surface area contributed by atoms with Crippen LogP contribution >= 0.6 is 11.6 Å². The smallest absolute Gasteiger partial charge is 0.462 e. The molecule has 0 spiro atoms. The molecule has 0 aliphatic rings. The number of ether oxygens (including phenoxy) is 2. The highest BCUT2D eigenvalue weighted by Gasteiger charge is 2.39. The van der Waals surface area contributed by atoms with E-state index in [4.69, 9.17) is 11.6 Å². The first-order valence-electron chi connectivity index (χ1n) is 5.59. The van der Waals surface area contributed by atoms with Gasteiger partial charge in [0.15, 0.2) is 0 Å². The van der Waals surface area contributed by atoms with Crippen molar-refractivity contribution in [1.29, 1.82) is 0 Å². The van der Waals surface area contributed by atoms with Crippen molar-refractivity contribution < 1.29 is 40.6 Å². The van der Waals surface area contributed by atoms with Gasteiger partial charge in [-0.3, -0.25) is 0 Å². The highest BCUT2D eigenvalue weighted by atomic mass is 35.5. The monoisotopic (exact) mass is 351 g/mol. The van der Waals surface area contributed by atoms with Crippen LogP contribution in [-0.2, 0) is 16.8 Å². The van der Waals surface area contributed by atoms with E-state index in [-0.39, 0.29) is 12.7 Å². The van der Waals surface area contributed by atoms with Crippen LogP contribution in [0.2, 0.25) is 0 Å². The van der Waals surface area contributed by atoms with Gasteiger partial charge in [0.1, 0.15) is 17.0 Å². The first-order valence-corrected chi connectivity index (χ1v) is 6.13. The van der Waals surface area contributed by atoms with Crippen molar-refractivity contribution in [3.63, 3.8) is 0 Å². The highest BCUT2D eigenvalue weighted by molar-refractivity contribution is 6.17. The number of aromatic nitrogens is 1. The summed E-state index contributed by atoms with van der Waals surface area (Å²) in [6, 6.07) is -0.0320. The van der Waals surface area contributed by atoms with Crippen molar-refractivity contribution in [2.45, 2.75) is 25.3 Å². The van der Waals surface area contributed by atoms with Crippen LogP contribution in [0.1, 0.15) is 28.7 Å². The first-order chi connectivity index (χ1) is 9.99. The molecule has 1 aromatic heterocycles. The fraction of sp³-hybridized carbons (Fsp3) is 0.455. The fourth-order valence-electron chi connectivity index (χ4n) is 1.44. The van der Waals surface area contributed by atoms with Gasteiger partial charge in [-0.25, -0.2) is 9.78 Å². The highest BCUT2D eigenvalue weighted by Crippen LogP contribution is 2.36. The maximum absolute atomic E-state index is 12.6. The third kappa shape index (κ3) is 4.65. The molecule has 0 saturated carbocycles. The lowest BCUT2D eigenvalue weighted by molar-refractivity contribution is -0.275. The molecule has 0 atom stereocenters. The minimum absolute atomic E-state index is 0.0320. The molecule has 0 unspecified atom stereocenters. The van der Waals surface area contributed by atoms with Gasteiger partial charge in [0.05, 0.1) is 18.2 Å². The van der Waals surface area contributed by atoms with E-state index in [2.05, 4.69) is 14.5 Å². The molecule has 1 heterocycles. The van der Waals surface area contributed by atoms with Gasteiger partial charge in [-0.2, -0.15) is 13.2 Å². The zero-order valence-electron chi connectivity index (χ0n) is 10.8. The molecule has 22 heavy (non-hydrogen) atoms. The number of halogens is 7. The Balaban J connectivity index is 3.53. The third-order valence-electron chi connectivity index (χ3n) is 2.18. The number of rotatable bonds is 4. The van der Waals surface area contributed by atoms with Gasteiger partial charge in [0, 0.05) is 6.07 Å². The number of carbonyl (C=O) groups is 1. The predicted octanol–water partition coefficient (Wildman–Crippen LogP) is 3.91. The number of hydrogen-bond donors (Lipinski definition) is 0. The van der Waals surface area contributed by atoms with Crippen LogP contribution in [0.4, 0.5) is 26.3 Å². The van der Waals surface area contributed by atoms with E-state index in [0.29, 0.717) is 0 Å². The van der Waals surface area contributed by atoms with Crippen LogP contribution < -0.4 is 4.74 Å². The Kier molecular flexibility index (Phi) is 5.49. The maximum Gasteiger partial charge on any atom is 0.573 e. The molecule has 0 saturated heterocycles. The van der Waals surface area contributed by atoms with Crippen LogP contribution in [0, 0.1) is 0 Å². The lowest BCUT2D eigenvalue weighted by Crippen LogP contribution is -2.22. The average molecular weight is 352 g/mol. The Morgan fingerprint density at radius 1 is 1.27 bits per heavy atom. The Morgan fingerprint density at radius 3 is 2.27 bits per heavy atom. The molecule has 1 aromatic rings. The largest absolute Gasteiger partial charge is 0.573 e. The Bertz CT molecular complexity index is 558. The van der Waals surface area contributed by atoms with E-state index in [9.17, 15) is 31.1 Å². The van der Waals surface area contributed by atoms with Crippen LogP contribution in [-0.4, -0.2) is 23.9 Å². The first kappa shape index (κ1) is 18.3. The fourth-order valence-corrected chi connectivity index (χ4v) is 1.63. The topological polar surface area (TPSA) is 48.4 Å². The summed E-state index contributed by atoms with van der Waals surface area (Å²) in [5.41, 5.74) is -3.30. The van der Waals surface area contributed by atoms with Gasteiger partial charge in [0.25, 0.3) is 0 Å². The minimum atomic E-state index is -5.31. The molecule has 0 aliphatic carbocycles. The number of pyridine rings is 1. The van der Waals surface area contributed by atoms with Gasteiger partial charge in [-0.05, 0) is 6.92 Å². The summed E-state index contributed by atoms with van der Waals surface area (Å²) >= 11 is 5.37. The van der Waals surface area contributed by atoms with E-state index >= 15 is 0 Å². The summed E-state index contributed by atoms with van der Waals surface area (Å²) < 4.78 is 82.9. The van der Waals surface area contributed by atoms with E-state index in [1.165, 1.54) is 6.92 Å². The Hall–Kier alpha value is -1.71. The number of nitrogens with zero attached hydrogens (tertiary/aromatic N) is 1. The maximum atomic E-state index is 12.6. The summed E-state index contributed by atoms with van der Waals surface area (Å²) in [6.45, 7) is 1.15. The van der Waals surface area contributed by atoms with Crippen LogP contribution in [0.15, 0.2) is 6.07 Å². The molecule has 0 amide bonds. The normalized spacial score (nSPS) is 12.2. The van der Waals surface area contributed by atoms with Crippen molar-refractivity contribution in [1.82, 2.24) is 4.98 Å². The second-order valence-corrected chi connectivity index (χ2v) is 3.99. The molecular weight excluding hydrogens is 344 g/mol. The summed E-state index contributed by atoms with van der Waals surface area (Å²) in [5, 5.41) is 0. The van der Waals surface area contributed by atoms with Gasteiger partial charge >= 0.3 is 18.5 Å². The molecule has 1 rings (SSSR count). The standard InChI is InChI=1S/C11H8ClF6NO3/c1-2-21-9(20)8-5(4-12)19-7(10(13,14)15)3-6(8)22-11(16,17)18/h3H,2,4H2,1H3. The number of hydrogen-bond acceptors (Lipinski definition) is 4. The van der Waals surface area contributed by atoms with E-state index in [1.54, 1.807) is 0 Å². The lowest BCUT2D eigenvalue weighted by atomic mass is 10.1. The molecule has 11 heteroatoms. The molecule has 0 aliphatic heterocycles. The van der Waals surface area contributed by atoms with Crippen molar-refractivity contribution in [2.24, 2.45) is 0 Å². The van der Waals surface area contributed by atoms with Gasteiger partial charge < -0.3 is 9.47 Å². The van der Waals surface area contributed by atoms with Gasteiger partial charge in [-0.15, -0.1) is 24.8 Å². The molecule has 0 bridgehead atoms. The third-order valence-corrected chi connectivity index (χ3v) is 2.43. The zero-order valence-corrected chi connectivity index (χ0v) is 11.6. The zero-order chi connectivity index (χ0) is 17.1. The Labute approximate surface area is 125 Å². The van der Waals surface area contributed by atoms with E-state index in [0.717, 1.165) is 0 Å². The number of carbonyl (C=O) groups excluding carboxylic acids is 1. The quantitative estimate of drug-likeness (QED) is 0.469. The van der Waals surface area contributed by atoms with E-state index in [1.807, 2.05) is 0 Å². The van der Waals surface area contributed by atoms with Crippen molar-refractivity contribution >= 4 is 17.6 Å². The second kappa shape index (κ2) is 6.59. The molecule has 4 nitrogen and oxygen atoms in total. The van der Waals surface area contributed by atoms with Gasteiger partial charge in [0.2, 0.25) is 0 Å². The SMILES string of the molecule is CCOC(=O)c1c(OC(F)(F)F)cc(C(F)(F)F)nc1CCl. The van der Waals surface area contributed by atoms with Crippen molar-refractivity contribution in [3.05, 3.63) is 23.0 Å². The molecule has 0 aromatic carbocycles. The number of alkyl halides is 7. The average Bonchev–Trinajstić information content (AvgIpc) is 2.34. The predicted molar refractivity (Wildman–Crippen MR) is 61.4 cm³/mol. The summed E-state index contributed by atoms with van der Waals surface area (Å²) in [6.07, 6.45) is -10.4. The van der Waals surface area contributed by atoms with Crippen molar-refractivity contribution in [3.8, 4) is 5.75 Å². The molecule has 0 N–H and O–H groups in total. The van der Waals surface area contributed by atoms with E-state index < -0.39 is 47.1 Å². The molecule has 0 fully saturated rings. The summed E-state index contributed by atoms with van der Waals surface area (Å²) in [7, 11) is 0. The van der Waals surface area contributed by atoms with Crippen molar-refractivity contribution in [2.75, 3.05) is 6.61 Å². The molecular formula is C11H8ClF6NO3. The molecule has 124 valence electrons.